The van der Waals surface area contributed by atoms with Crippen LogP contribution in [0.3, 0.4) is 0 Å². The van der Waals surface area contributed by atoms with Crippen LogP contribution in [0.2, 0.25) is 0 Å². The van der Waals surface area contributed by atoms with Crippen LogP contribution in [0.25, 0.3) is 0 Å². The number of carbonyl (C=O) groups is 1. The van der Waals surface area contributed by atoms with Gasteiger partial charge in [-0.3, -0.25) is 4.79 Å². The van der Waals surface area contributed by atoms with Crippen LogP contribution in [0.4, 0.5) is 0 Å². The smallest absolute Gasteiger partial charge is 0.303 e. The predicted molar refractivity (Wildman–Crippen MR) is 41.0 cm³/mol. The van der Waals surface area contributed by atoms with E-state index in [1.807, 2.05) is 0 Å². The van der Waals surface area contributed by atoms with Crippen LogP contribution in [0.1, 0.15) is 45.4 Å². The third-order valence-corrected chi connectivity index (χ3v) is 1.49. The first kappa shape index (κ1) is 14.3. The maximum Gasteiger partial charge on any atom is 0.303 e. The van der Waals surface area contributed by atoms with Crippen LogP contribution in [0, 0.1) is 39.9 Å². The number of unbranched alkanes of at least 4 members (excludes halogenated alkanes) is 4. The van der Waals surface area contributed by atoms with Gasteiger partial charge < -0.3 is 5.11 Å². The number of carboxylic acid groups (broad SMARTS) is 1. The molecular formula is C8H16O2Th. The summed E-state index contributed by atoms with van der Waals surface area (Å²) in [6.07, 6.45) is 5.88. The van der Waals surface area contributed by atoms with Gasteiger partial charge in [0.2, 0.25) is 0 Å². The van der Waals surface area contributed by atoms with Gasteiger partial charge in [0.15, 0.2) is 0 Å². The fraction of sp³-hybridized carbons (Fsp3) is 0.875. The van der Waals surface area contributed by atoms with Crippen molar-refractivity contribution >= 4 is 5.97 Å². The molecule has 0 aromatic carbocycles. The van der Waals surface area contributed by atoms with Gasteiger partial charge in [0.1, 0.15) is 0 Å². The Morgan fingerprint density at radius 1 is 1.18 bits per heavy atom. The second-order valence-corrected chi connectivity index (χ2v) is 2.56. The fourth-order valence-electron chi connectivity index (χ4n) is 0.880. The van der Waals surface area contributed by atoms with E-state index in [2.05, 4.69) is 6.92 Å². The van der Waals surface area contributed by atoms with Gasteiger partial charge in [0.05, 0.1) is 0 Å². The molecule has 3 heteroatoms. The van der Waals surface area contributed by atoms with E-state index < -0.39 is 5.97 Å². The summed E-state index contributed by atoms with van der Waals surface area (Å²) in [5.74, 6) is -0.670. The molecule has 0 heterocycles. The van der Waals surface area contributed by atoms with Gasteiger partial charge in [-0.2, -0.15) is 0 Å². The Morgan fingerprint density at radius 3 is 2.18 bits per heavy atom. The standard InChI is InChI=1S/C8H16O2.Th/c1-2-3-4-5-6-7-8(9)10;/h2-7H2,1H3,(H,9,10);. The Hall–Kier alpha value is 0.795. The van der Waals surface area contributed by atoms with E-state index in [-0.39, 0.29) is 39.9 Å². The van der Waals surface area contributed by atoms with Crippen molar-refractivity contribution in [2.24, 2.45) is 0 Å². The van der Waals surface area contributed by atoms with Crippen LogP contribution in [0.15, 0.2) is 0 Å². The van der Waals surface area contributed by atoms with Gasteiger partial charge in [-0.25, -0.2) is 0 Å². The van der Waals surface area contributed by atoms with Gasteiger partial charge >= 0.3 is 5.97 Å². The zero-order valence-electron chi connectivity index (χ0n) is 7.10. The van der Waals surface area contributed by atoms with Crippen molar-refractivity contribution in [2.45, 2.75) is 45.4 Å². The third kappa shape index (κ3) is 13.7. The van der Waals surface area contributed by atoms with Crippen molar-refractivity contribution < 1.29 is 49.8 Å². The molecule has 0 amide bonds. The Kier molecular flexibility index (Phi) is 14.1. The maximum atomic E-state index is 10.0. The molecule has 1 N–H and O–H groups in total. The summed E-state index contributed by atoms with van der Waals surface area (Å²) in [7, 11) is 0. The molecule has 0 fully saturated rings. The Morgan fingerprint density at radius 2 is 1.73 bits per heavy atom. The summed E-state index contributed by atoms with van der Waals surface area (Å²) in [4.78, 5) is 10.0. The molecule has 0 aromatic heterocycles. The molecule has 0 rings (SSSR count). The number of rotatable bonds is 6. The van der Waals surface area contributed by atoms with Gasteiger partial charge in [-0.1, -0.05) is 32.6 Å². The van der Waals surface area contributed by atoms with Crippen molar-refractivity contribution in [1.82, 2.24) is 0 Å². The van der Waals surface area contributed by atoms with Crippen molar-refractivity contribution in [3.8, 4) is 0 Å². The summed E-state index contributed by atoms with van der Waals surface area (Å²) in [6.45, 7) is 2.15. The monoisotopic (exact) mass is 376 g/mol. The van der Waals surface area contributed by atoms with Gasteiger partial charge in [-0.05, 0) is 6.42 Å². The molecule has 0 spiro atoms. The van der Waals surface area contributed by atoms with Gasteiger partial charge in [-0.15, -0.1) is 0 Å². The molecular weight excluding hydrogens is 360 g/mol. The minimum atomic E-state index is -0.670. The third-order valence-electron chi connectivity index (χ3n) is 1.49. The summed E-state index contributed by atoms with van der Waals surface area (Å²) in [6, 6.07) is 0. The zero-order chi connectivity index (χ0) is 7.82. The van der Waals surface area contributed by atoms with E-state index in [9.17, 15) is 4.79 Å². The first-order chi connectivity index (χ1) is 4.77. The molecule has 0 unspecified atom stereocenters. The van der Waals surface area contributed by atoms with Crippen LogP contribution in [0.5, 0.6) is 0 Å². The second kappa shape index (κ2) is 10.8. The summed E-state index contributed by atoms with van der Waals surface area (Å²) in [5.41, 5.74) is 0. The van der Waals surface area contributed by atoms with E-state index in [0.717, 1.165) is 12.8 Å². The maximum absolute atomic E-state index is 10.0. The molecule has 0 bridgehead atoms. The minimum absolute atomic E-state index is 0. The molecule has 0 aliphatic heterocycles. The van der Waals surface area contributed by atoms with Crippen molar-refractivity contribution in [3.63, 3.8) is 0 Å². The molecule has 0 aliphatic carbocycles. The molecule has 2 nitrogen and oxygen atoms in total. The van der Waals surface area contributed by atoms with Crippen LogP contribution in [-0.4, -0.2) is 11.1 Å². The SMILES string of the molecule is CCCCCCCC(=O)O.[Th]. The molecule has 0 saturated heterocycles. The van der Waals surface area contributed by atoms with Crippen molar-refractivity contribution in [2.75, 3.05) is 0 Å². The molecule has 64 valence electrons. The van der Waals surface area contributed by atoms with E-state index >= 15 is 0 Å². The van der Waals surface area contributed by atoms with Gasteiger partial charge in [0, 0.05) is 46.4 Å². The Labute approximate surface area is 100 Å². The van der Waals surface area contributed by atoms with Crippen molar-refractivity contribution in [3.05, 3.63) is 0 Å². The van der Waals surface area contributed by atoms with Crippen LogP contribution < -0.4 is 0 Å². The summed E-state index contributed by atoms with van der Waals surface area (Å²) in [5, 5.41) is 8.27. The average molecular weight is 376 g/mol. The van der Waals surface area contributed by atoms with Crippen LogP contribution >= 0.6 is 0 Å². The van der Waals surface area contributed by atoms with Gasteiger partial charge in [0.25, 0.3) is 0 Å². The number of hydrogen-bond donors (Lipinski definition) is 1. The number of hydrogen-bond acceptors (Lipinski definition) is 1. The Balaban J connectivity index is 0. The molecule has 0 atom stereocenters. The van der Waals surface area contributed by atoms with Crippen LogP contribution in [-0.2, 0) is 4.79 Å². The number of carboxylic acids is 1. The van der Waals surface area contributed by atoms with Crippen molar-refractivity contribution in [1.29, 1.82) is 0 Å². The molecule has 0 aliphatic rings. The number of aliphatic carboxylic acids is 1. The van der Waals surface area contributed by atoms with E-state index in [1.165, 1.54) is 19.3 Å². The predicted octanol–water partition coefficient (Wildman–Crippen LogP) is 2.43. The molecule has 0 aromatic rings. The largest absolute Gasteiger partial charge is 0.481 e. The van der Waals surface area contributed by atoms with E-state index in [0.29, 0.717) is 6.42 Å². The zero-order valence-corrected chi connectivity index (χ0v) is 11.2. The fourth-order valence-corrected chi connectivity index (χ4v) is 0.880. The summed E-state index contributed by atoms with van der Waals surface area (Å²) >= 11 is 0. The minimum Gasteiger partial charge on any atom is -0.481 e. The normalized spacial score (nSPS) is 8.82. The summed E-state index contributed by atoms with van der Waals surface area (Å²) < 4.78 is 0. The average Bonchev–Trinajstić information content (AvgIpc) is 1.87. The molecule has 11 heavy (non-hydrogen) atoms. The quantitative estimate of drug-likeness (QED) is 0.724. The second-order valence-electron chi connectivity index (χ2n) is 2.56. The van der Waals surface area contributed by atoms with E-state index in [1.54, 1.807) is 0 Å². The first-order valence-electron chi connectivity index (χ1n) is 3.99. The molecule has 0 radical (unpaired) electrons. The first-order valence-corrected chi connectivity index (χ1v) is 3.99. The van der Waals surface area contributed by atoms with E-state index in [4.69, 9.17) is 5.11 Å². The Bertz CT molecular complexity index is 94.1. The topological polar surface area (TPSA) is 37.3 Å². The molecule has 0 saturated carbocycles.